The summed E-state index contributed by atoms with van der Waals surface area (Å²) in [5.41, 5.74) is 2.54. The number of hydrogen-bond acceptors (Lipinski definition) is 3. The van der Waals surface area contributed by atoms with Crippen LogP contribution in [0.1, 0.15) is 11.1 Å². The molecule has 0 fully saturated rings. The highest BCUT2D eigenvalue weighted by atomic mass is 16.2. The predicted octanol–water partition coefficient (Wildman–Crippen LogP) is 2.16. The van der Waals surface area contributed by atoms with E-state index >= 15 is 0 Å². The molecule has 5 nitrogen and oxygen atoms in total. The quantitative estimate of drug-likeness (QED) is 0.830. The molecule has 2 amide bonds. The average molecular weight is 295 g/mol. The SMILES string of the molecule is Cc1ccccc1NC(=O)CNC(=O)C=Cc1cccnc1. The van der Waals surface area contributed by atoms with E-state index in [0.717, 1.165) is 16.8 Å². The first kappa shape index (κ1) is 15.4. The van der Waals surface area contributed by atoms with Crippen molar-refractivity contribution >= 4 is 23.6 Å². The first-order valence-electron chi connectivity index (χ1n) is 6.86. The monoisotopic (exact) mass is 295 g/mol. The van der Waals surface area contributed by atoms with Crippen LogP contribution in [0.2, 0.25) is 0 Å². The molecule has 22 heavy (non-hydrogen) atoms. The summed E-state index contributed by atoms with van der Waals surface area (Å²) in [6, 6.07) is 11.1. The molecule has 112 valence electrons. The van der Waals surface area contributed by atoms with Crippen molar-refractivity contribution < 1.29 is 9.59 Å². The zero-order valence-electron chi connectivity index (χ0n) is 12.2. The fraction of sp³-hybridized carbons (Fsp3) is 0.118. The summed E-state index contributed by atoms with van der Waals surface area (Å²) in [4.78, 5) is 27.4. The third-order valence-electron chi connectivity index (χ3n) is 2.95. The number of nitrogens with one attached hydrogen (secondary N) is 2. The highest BCUT2D eigenvalue weighted by molar-refractivity contribution is 5.98. The summed E-state index contributed by atoms with van der Waals surface area (Å²) < 4.78 is 0. The molecule has 0 atom stereocenters. The largest absolute Gasteiger partial charge is 0.343 e. The molecule has 0 bridgehead atoms. The van der Waals surface area contributed by atoms with E-state index in [2.05, 4.69) is 15.6 Å². The van der Waals surface area contributed by atoms with Crippen molar-refractivity contribution in [2.24, 2.45) is 0 Å². The van der Waals surface area contributed by atoms with Crippen molar-refractivity contribution in [2.75, 3.05) is 11.9 Å². The number of amides is 2. The van der Waals surface area contributed by atoms with Crippen molar-refractivity contribution in [3.05, 3.63) is 66.0 Å². The minimum Gasteiger partial charge on any atom is -0.343 e. The van der Waals surface area contributed by atoms with Crippen LogP contribution in [0, 0.1) is 6.92 Å². The number of para-hydroxylation sites is 1. The Bertz CT molecular complexity index is 681. The lowest BCUT2D eigenvalue weighted by atomic mass is 10.2. The third kappa shape index (κ3) is 4.86. The molecule has 1 heterocycles. The van der Waals surface area contributed by atoms with Crippen LogP contribution < -0.4 is 10.6 Å². The number of carbonyl (C=O) groups excluding carboxylic acids is 2. The summed E-state index contributed by atoms with van der Waals surface area (Å²) in [6.45, 7) is 1.83. The molecule has 0 radical (unpaired) electrons. The molecule has 2 N–H and O–H groups in total. The molecule has 1 aromatic carbocycles. The Morgan fingerprint density at radius 2 is 2.00 bits per heavy atom. The van der Waals surface area contributed by atoms with Crippen LogP contribution in [0.5, 0.6) is 0 Å². The molecule has 2 aromatic rings. The van der Waals surface area contributed by atoms with E-state index in [4.69, 9.17) is 0 Å². The predicted molar refractivity (Wildman–Crippen MR) is 86.1 cm³/mol. The third-order valence-corrected chi connectivity index (χ3v) is 2.95. The Labute approximate surface area is 129 Å². The van der Waals surface area contributed by atoms with Gasteiger partial charge in [0.25, 0.3) is 0 Å². The van der Waals surface area contributed by atoms with Crippen LogP contribution in [0.15, 0.2) is 54.9 Å². The van der Waals surface area contributed by atoms with Crippen LogP contribution in [0.25, 0.3) is 6.08 Å². The van der Waals surface area contributed by atoms with Gasteiger partial charge in [0.2, 0.25) is 11.8 Å². The van der Waals surface area contributed by atoms with Crippen LogP contribution in [0.4, 0.5) is 5.69 Å². The lowest BCUT2D eigenvalue weighted by Crippen LogP contribution is -2.31. The first-order chi connectivity index (χ1) is 10.6. The number of pyridine rings is 1. The van der Waals surface area contributed by atoms with E-state index in [1.165, 1.54) is 6.08 Å². The second kappa shape index (κ2) is 7.73. The Balaban J connectivity index is 1.80. The molecule has 0 aliphatic carbocycles. The minimum absolute atomic E-state index is 0.0788. The van der Waals surface area contributed by atoms with Gasteiger partial charge in [0.15, 0.2) is 0 Å². The van der Waals surface area contributed by atoms with Gasteiger partial charge in [-0.25, -0.2) is 0 Å². The van der Waals surface area contributed by atoms with E-state index < -0.39 is 0 Å². The van der Waals surface area contributed by atoms with Crippen molar-refractivity contribution in [3.63, 3.8) is 0 Å². The summed E-state index contributed by atoms with van der Waals surface area (Å²) in [7, 11) is 0. The summed E-state index contributed by atoms with van der Waals surface area (Å²) in [5.74, 6) is -0.596. The van der Waals surface area contributed by atoms with Crippen LogP contribution >= 0.6 is 0 Å². The minimum atomic E-state index is -0.330. The molecule has 0 saturated heterocycles. The summed E-state index contributed by atoms with van der Waals surface area (Å²) in [6.07, 6.45) is 6.32. The standard InChI is InChI=1S/C17H17N3O2/c1-13-5-2-3-7-15(13)20-17(22)12-19-16(21)9-8-14-6-4-10-18-11-14/h2-11H,12H2,1H3,(H,19,21)(H,20,22). The maximum atomic E-state index is 11.8. The Kier molecular flexibility index (Phi) is 5.43. The fourth-order valence-electron chi connectivity index (χ4n) is 1.78. The maximum Gasteiger partial charge on any atom is 0.244 e. The molecule has 0 aliphatic rings. The van der Waals surface area contributed by atoms with E-state index in [-0.39, 0.29) is 18.4 Å². The first-order valence-corrected chi connectivity index (χ1v) is 6.86. The highest BCUT2D eigenvalue weighted by Crippen LogP contribution is 2.12. The van der Waals surface area contributed by atoms with Gasteiger partial charge >= 0.3 is 0 Å². The van der Waals surface area contributed by atoms with E-state index in [9.17, 15) is 9.59 Å². The van der Waals surface area contributed by atoms with Crippen LogP contribution in [0.3, 0.4) is 0 Å². The number of nitrogens with zero attached hydrogens (tertiary/aromatic N) is 1. The fourth-order valence-corrected chi connectivity index (χ4v) is 1.78. The number of anilines is 1. The van der Waals surface area contributed by atoms with Crippen molar-refractivity contribution in [1.29, 1.82) is 0 Å². The van der Waals surface area contributed by atoms with Gasteiger partial charge in [-0.3, -0.25) is 14.6 Å². The van der Waals surface area contributed by atoms with Crippen molar-refractivity contribution in [2.45, 2.75) is 6.92 Å². The van der Waals surface area contributed by atoms with Crippen LogP contribution in [-0.4, -0.2) is 23.3 Å². The lowest BCUT2D eigenvalue weighted by molar-refractivity contribution is -0.121. The van der Waals surface area contributed by atoms with Gasteiger partial charge < -0.3 is 10.6 Å². The van der Waals surface area contributed by atoms with Crippen molar-refractivity contribution in [1.82, 2.24) is 10.3 Å². The van der Waals surface area contributed by atoms with Crippen molar-refractivity contribution in [3.8, 4) is 0 Å². The lowest BCUT2D eigenvalue weighted by Gasteiger charge is -2.08. The number of benzene rings is 1. The zero-order valence-corrected chi connectivity index (χ0v) is 12.2. The van der Waals surface area contributed by atoms with Gasteiger partial charge in [-0.05, 0) is 36.3 Å². The zero-order chi connectivity index (χ0) is 15.8. The smallest absolute Gasteiger partial charge is 0.244 e. The normalized spacial score (nSPS) is 10.4. The summed E-state index contributed by atoms with van der Waals surface area (Å²) in [5, 5.41) is 5.29. The number of hydrogen-bond donors (Lipinski definition) is 2. The molecule has 5 heteroatoms. The second-order valence-corrected chi connectivity index (χ2v) is 4.70. The number of rotatable bonds is 5. The van der Waals surface area contributed by atoms with Gasteiger partial charge in [0.1, 0.15) is 0 Å². The Morgan fingerprint density at radius 1 is 1.18 bits per heavy atom. The van der Waals surface area contributed by atoms with E-state index in [0.29, 0.717) is 0 Å². The molecule has 0 saturated carbocycles. The second-order valence-electron chi connectivity index (χ2n) is 4.70. The molecule has 2 rings (SSSR count). The van der Waals surface area contributed by atoms with E-state index in [1.807, 2.05) is 37.3 Å². The summed E-state index contributed by atoms with van der Waals surface area (Å²) >= 11 is 0. The Hall–Kier alpha value is -2.95. The number of aromatic nitrogens is 1. The molecule has 1 aromatic heterocycles. The van der Waals surface area contributed by atoms with Gasteiger partial charge in [0, 0.05) is 24.2 Å². The molecule has 0 aliphatic heterocycles. The molecule has 0 spiro atoms. The van der Waals surface area contributed by atoms with Gasteiger partial charge in [-0.15, -0.1) is 0 Å². The Morgan fingerprint density at radius 3 is 2.73 bits per heavy atom. The van der Waals surface area contributed by atoms with E-state index in [1.54, 1.807) is 24.5 Å². The maximum absolute atomic E-state index is 11.8. The molecule has 0 unspecified atom stereocenters. The topological polar surface area (TPSA) is 71.1 Å². The van der Waals surface area contributed by atoms with Gasteiger partial charge in [-0.1, -0.05) is 24.3 Å². The number of aryl methyl sites for hydroxylation is 1. The number of carbonyl (C=O) groups is 2. The average Bonchev–Trinajstić information content (AvgIpc) is 2.54. The molecular weight excluding hydrogens is 278 g/mol. The van der Waals surface area contributed by atoms with Gasteiger partial charge in [0.05, 0.1) is 6.54 Å². The highest BCUT2D eigenvalue weighted by Gasteiger charge is 2.05. The molecular formula is C17H17N3O2. The van der Waals surface area contributed by atoms with Gasteiger partial charge in [-0.2, -0.15) is 0 Å². The van der Waals surface area contributed by atoms with Crippen LogP contribution in [-0.2, 0) is 9.59 Å².